The van der Waals surface area contributed by atoms with Crippen LogP contribution < -0.4 is 9.44 Å². The lowest BCUT2D eigenvalue weighted by atomic mass is 10.1. The highest BCUT2D eigenvalue weighted by atomic mass is 79.9. The Balaban J connectivity index is 1.86. The quantitative estimate of drug-likeness (QED) is 0.260. The lowest BCUT2D eigenvalue weighted by Crippen LogP contribution is -2.17. The molecule has 0 fully saturated rings. The number of phenolic OH excluding ortho intramolecular Hbond substituents is 1. The molecular formula is C22H16Br2N2O5S2. The van der Waals surface area contributed by atoms with Crippen molar-refractivity contribution in [3.63, 3.8) is 0 Å². The number of nitrogens with one attached hydrogen (secondary N) is 2. The second kappa shape index (κ2) is 8.98. The normalized spacial score (nSPS) is 11.9. The van der Waals surface area contributed by atoms with Crippen LogP contribution in [0.25, 0.3) is 10.8 Å². The Hall–Kier alpha value is -2.60. The first-order valence-electron chi connectivity index (χ1n) is 9.37. The molecule has 0 aromatic heterocycles. The van der Waals surface area contributed by atoms with E-state index in [1.54, 1.807) is 48.5 Å². The molecule has 0 aliphatic carbocycles. The van der Waals surface area contributed by atoms with E-state index in [0.29, 0.717) is 20.0 Å². The van der Waals surface area contributed by atoms with Gasteiger partial charge in [-0.2, -0.15) is 0 Å². The summed E-state index contributed by atoms with van der Waals surface area (Å²) in [6, 6.07) is 19.7. The van der Waals surface area contributed by atoms with Crippen LogP contribution in [-0.2, 0) is 20.0 Å². The Labute approximate surface area is 207 Å². The maximum Gasteiger partial charge on any atom is 0.262 e. The van der Waals surface area contributed by atoms with Crippen molar-refractivity contribution < 1.29 is 21.9 Å². The number of hydrogen-bond acceptors (Lipinski definition) is 5. The zero-order valence-corrected chi connectivity index (χ0v) is 21.5. The van der Waals surface area contributed by atoms with Crippen molar-refractivity contribution >= 4 is 74.1 Å². The summed E-state index contributed by atoms with van der Waals surface area (Å²) < 4.78 is 59.1. The number of aromatic hydroxyl groups is 1. The number of anilines is 2. The zero-order valence-electron chi connectivity index (χ0n) is 16.7. The van der Waals surface area contributed by atoms with Gasteiger partial charge in [0.25, 0.3) is 20.0 Å². The molecule has 0 bridgehead atoms. The van der Waals surface area contributed by atoms with Crippen molar-refractivity contribution in [1.82, 2.24) is 0 Å². The van der Waals surface area contributed by atoms with Gasteiger partial charge in [0.1, 0.15) is 5.75 Å². The van der Waals surface area contributed by atoms with Gasteiger partial charge in [-0.15, -0.1) is 0 Å². The number of fused-ring (bicyclic) bond motifs is 1. The Morgan fingerprint density at radius 2 is 1.24 bits per heavy atom. The lowest BCUT2D eigenvalue weighted by molar-refractivity contribution is 0.476. The summed E-state index contributed by atoms with van der Waals surface area (Å²) >= 11 is 6.58. The van der Waals surface area contributed by atoms with E-state index in [9.17, 15) is 21.9 Å². The summed E-state index contributed by atoms with van der Waals surface area (Å²) in [5.74, 6) is -0.149. The van der Waals surface area contributed by atoms with Gasteiger partial charge in [-0.1, -0.05) is 50.1 Å². The predicted molar refractivity (Wildman–Crippen MR) is 136 cm³/mol. The molecule has 0 amide bonds. The van der Waals surface area contributed by atoms with E-state index in [1.807, 2.05) is 0 Å². The topological polar surface area (TPSA) is 113 Å². The number of hydrogen-bond donors (Lipinski definition) is 3. The molecule has 4 aromatic carbocycles. The zero-order chi connectivity index (χ0) is 23.8. The van der Waals surface area contributed by atoms with E-state index in [4.69, 9.17) is 0 Å². The molecule has 7 nitrogen and oxygen atoms in total. The van der Waals surface area contributed by atoms with Crippen LogP contribution in [0.15, 0.2) is 97.6 Å². The molecule has 170 valence electrons. The van der Waals surface area contributed by atoms with E-state index in [1.165, 1.54) is 24.3 Å². The Kier molecular flexibility index (Phi) is 6.41. The first-order valence-corrected chi connectivity index (χ1v) is 13.9. The average Bonchev–Trinajstić information content (AvgIpc) is 2.72. The minimum Gasteiger partial charge on any atom is -0.508 e. The number of sulfonamides is 2. The molecular weight excluding hydrogens is 596 g/mol. The molecule has 0 heterocycles. The van der Waals surface area contributed by atoms with E-state index < -0.39 is 20.0 Å². The molecule has 4 rings (SSSR count). The Bertz CT molecular complexity index is 1590. The van der Waals surface area contributed by atoms with Gasteiger partial charge in [0.15, 0.2) is 0 Å². The third-order valence-electron chi connectivity index (χ3n) is 4.63. The van der Waals surface area contributed by atoms with Crippen LogP contribution in [0.4, 0.5) is 11.4 Å². The van der Waals surface area contributed by atoms with Gasteiger partial charge in [0.2, 0.25) is 0 Å². The van der Waals surface area contributed by atoms with Crippen LogP contribution >= 0.6 is 31.9 Å². The van der Waals surface area contributed by atoms with Gasteiger partial charge in [-0.3, -0.25) is 9.44 Å². The monoisotopic (exact) mass is 610 g/mol. The van der Waals surface area contributed by atoms with Crippen LogP contribution in [0.5, 0.6) is 5.75 Å². The van der Waals surface area contributed by atoms with Crippen molar-refractivity contribution in [2.45, 2.75) is 9.79 Å². The van der Waals surface area contributed by atoms with Crippen molar-refractivity contribution in [1.29, 1.82) is 0 Å². The predicted octanol–water partition coefficient (Wildman–Crippen LogP) is 5.67. The van der Waals surface area contributed by atoms with Gasteiger partial charge in [-0.05, 0) is 66.0 Å². The minimum atomic E-state index is -4.22. The van der Waals surface area contributed by atoms with Gasteiger partial charge in [0.05, 0.1) is 9.79 Å². The smallest absolute Gasteiger partial charge is 0.262 e. The molecule has 33 heavy (non-hydrogen) atoms. The molecule has 4 aromatic rings. The molecule has 0 spiro atoms. The van der Waals surface area contributed by atoms with Crippen molar-refractivity contribution in [3.05, 3.63) is 87.8 Å². The van der Waals surface area contributed by atoms with Crippen molar-refractivity contribution in [2.75, 3.05) is 9.44 Å². The summed E-state index contributed by atoms with van der Waals surface area (Å²) in [6.07, 6.45) is 0. The highest BCUT2D eigenvalue weighted by Gasteiger charge is 2.24. The fourth-order valence-electron chi connectivity index (χ4n) is 3.19. The summed E-state index contributed by atoms with van der Waals surface area (Å²) in [5.41, 5.74) is 0.602. The van der Waals surface area contributed by atoms with E-state index in [2.05, 4.69) is 41.3 Å². The molecule has 0 atom stereocenters. The van der Waals surface area contributed by atoms with Gasteiger partial charge < -0.3 is 5.11 Å². The standard InChI is InChI=1S/C22H16Br2N2O5S2/c23-15-3-1-5-17(10-15)25-32(28,29)20-9-14-7-8-19(27)12-21(14)22(13-20)33(30,31)26-18-6-2-4-16(24)11-18/h1-13,25-27H. The molecule has 11 heteroatoms. The first-order chi connectivity index (χ1) is 15.5. The molecule has 0 radical (unpaired) electrons. The molecule has 0 saturated heterocycles. The third kappa shape index (κ3) is 5.32. The van der Waals surface area contributed by atoms with Crippen LogP contribution in [0.3, 0.4) is 0 Å². The molecule has 3 N–H and O–H groups in total. The summed E-state index contributed by atoms with van der Waals surface area (Å²) in [4.78, 5) is -0.527. The van der Waals surface area contributed by atoms with Crippen LogP contribution in [0.1, 0.15) is 0 Å². The Morgan fingerprint density at radius 1 is 0.667 bits per heavy atom. The number of benzene rings is 4. The fraction of sp³-hybridized carbons (Fsp3) is 0. The molecule has 0 aliphatic heterocycles. The highest BCUT2D eigenvalue weighted by Crippen LogP contribution is 2.32. The van der Waals surface area contributed by atoms with Crippen LogP contribution in [0, 0.1) is 0 Å². The van der Waals surface area contributed by atoms with E-state index in [-0.39, 0.29) is 26.6 Å². The molecule has 0 aliphatic rings. The van der Waals surface area contributed by atoms with Gasteiger partial charge in [0, 0.05) is 25.7 Å². The van der Waals surface area contributed by atoms with E-state index in [0.717, 1.165) is 6.07 Å². The van der Waals surface area contributed by atoms with Crippen LogP contribution in [0.2, 0.25) is 0 Å². The molecule has 0 saturated carbocycles. The summed E-state index contributed by atoms with van der Waals surface area (Å²) in [7, 11) is -8.34. The van der Waals surface area contributed by atoms with Gasteiger partial charge >= 0.3 is 0 Å². The number of rotatable bonds is 6. The summed E-state index contributed by atoms with van der Waals surface area (Å²) in [5, 5.41) is 10.5. The maximum atomic E-state index is 13.3. The Morgan fingerprint density at radius 3 is 1.82 bits per heavy atom. The SMILES string of the molecule is O=S(=O)(Nc1cccc(Br)c1)c1cc(S(=O)(=O)Nc2cccc(Br)c2)c2cc(O)ccc2c1. The average molecular weight is 612 g/mol. The number of phenols is 1. The van der Waals surface area contributed by atoms with E-state index >= 15 is 0 Å². The lowest BCUT2D eigenvalue weighted by Gasteiger charge is -2.14. The fourth-order valence-corrected chi connectivity index (χ4v) is 6.47. The highest BCUT2D eigenvalue weighted by molar-refractivity contribution is 9.10. The first kappa shape index (κ1) is 23.6. The third-order valence-corrected chi connectivity index (χ3v) is 8.40. The largest absolute Gasteiger partial charge is 0.508 e. The molecule has 0 unspecified atom stereocenters. The summed E-state index contributed by atoms with van der Waals surface area (Å²) in [6.45, 7) is 0. The van der Waals surface area contributed by atoms with Crippen molar-refractivity contribution in [3.8, 4) is 5.75 Å². The minimum absolute atomic E-state index is 0.149. The van der Waals surface area contributed by atoms with Crippen LogP contribution in [-0.4, -0.2) is 21.9 Å². The second-order valence-electron chi connectivity index (χ2n) is 7.06. The number of halogens is 2. The maximum absolute atomic E-state index is 13.3. The second-order valence-corrected chi connectivity index (χ2v) is 12.2. The van der Waals surface area contributed by atoms with Gasteiger partial charge in [-0.25, -0.2) is 16.8 Å². The van der Waals surface area contributed by atoms with Crippen molar-refractivity contribution in [2.24, 2.45) is 0 Å².